The summed E-state index contributed by atoms with van der Waals surface area (Å²) >= 11 is 0. The third-order valence-electron chi connectivity index (χ3n) is 1.83. The molecule has 76 valence electrons. The maximum absolute atomic E-state index is 11.3. The Morgan fingerprint density at radius 3 is 2.57 bits per heavy atom. The molecule has 0 amide bonds. The van der Waals surface area contributed by atoms with E-state index in [2.05, 4.69) is 0 Å². The summed E-state index contributed by atoms with van der Waals surface area (Å²) in [6.45, 7) is 2.49. The largest absolute Gasteiger partial charge is 0.508 e. The van der Waals surface area contributed by atoms with E-state index in [1.165, 1.54) is 12.1 Å². The Bertz CT molecular complexity index is 290. The standard InChI is InChI=1S/C11H14O3/c1-2-3-8-14-11(13)9-4-6-10(12)7-5-9/h4-7,12H,2-3,8H2,1H3/i4+1,5+1,6+1,7+1,9+1,10+1. The van der Waals surface area contributed by atoms with Gasteiger partial charge in [-0.3, -0.25) is 0 Å². The highest BCUT2D eigenvalue weighted by Gasteiger charge is 2.05. The number of aromatic hydroxyl groups is 1. The van der Waals surface area contributed by atoms with Crippen molar-refractivity contribution in [3.8, 4) is 5.75 Å². The number of hydrogen-bond donors (Lipinski definition) is 1. The van der Waals surface area contributed by atoms with Gasteiger partial charge in [0.2, 0.25) is 0 Å². The van der Waals surface area contributed by atoms with Crippen molar-refractivity contribution in [3.05, 3.63) is 29.8 Å². The minimum absolute atomic E-state index is 0.148. The lowest BCUT2D eigenvalue weighted by Gasteiger charge is -2.03. The van der Waals surface area contributed by atoms with Crippen molar-refractivity contribution >= 4 is 5.97 Å². The molecule has 1 aromatic rings. The van der Waals surface area contributed by atoms with Crippen LogP contribution >= 0.6 is 0 Å². The minimum atomic E-state index is -0.335. The van der Waals surface area contributed by atoms with Crippen LogP contribution in [0, 0.1) is 0 Å². The number of ether oxygens (including phenoxy) is 1. The molecule has 14 heavy (non-hydrogen) atoms. The molecule has 0 aromatic heterocycles. The number of phenolic OH excluding ortho intramolecular Hbond substituents is 1. The lowest BCUT2D eigenvalue weighted by Crippen LogP contribution is -2.05. The number of esters is 1. The van der Waals surface area contributed by atoms with E-state index in [0.717, 1.165) is 12.8 Å². The van der Waals surface area contributed by atoms with E-state index in [1.54, 1.807) is 12.1 Å². The average molecular weight is 200 g/mol. The van der Waals surface area contributed by atoms with Crippen molar-refractivity contribution in [3.63, 3.8) is 0 Å². The van der Waals surface area contributed by atoms with E-state index in [9.17, 15) is 4.79 Å². The predicted molar refractivity (Wildman–Crippen MR) is 53.3 cm³/mol. The number of unbranched alkanes of at least 4 members (excludes halogenated alkanes) is 1. The van der Waals surface area contributed by atoms with E-state index in [1.807, 2.05) is 6.92 Å². The van der Waals surface area contributed by atoms with Gasteiger partial charge >= 0.3 is 5.97 Å². The second-order valence-electron chi connectivity index (χ2n) is 3.04. The van der Waals surface area contributed by atoms with Crippen LogP contribution in [0.5, 0.6) is 5.75 Å². The number of hydrogen-bond acceptors (Lipinski definition) is 3. The van der Waals surface area contributed by atoms with Gasteiger partial charge in [0.25, 0.3) is 0 Å². The number of rotatable bonds is 4. The number of phenols is 1. The Hall–Kier alpha value is -1.51. The summed E-state index contributed by atoms with van der Waals surface area (Å²) in [5.74, 6) is -0.187. The van der Waals surface area contributed by atoms with Gasteiger partial charge in [-0.1, -0.05) is 13.3 Å². The fraction of sp³-hybridized carbons (Fsp3) is 0.364. The monoisotopic (exact) mass is 200 g/mol. The molecule has 1 aromatic carbocycles. The quantitative estimate of drug-likeness (QED) is 0.599. The van der Waals surface area contributed by atoms with Crippen molar-refractivity contribution in [2.24, 2.45) is 0 Å². The van der Waals surface area contributed by atoms with Gasteiger partial charge in [-0.2, -0.15) is 0 Å². The molecule has 0 atom stereocenters. The first-order valence-corrected chi connectivity index (χ1v) is 4.70. The first-order chi connectivity index (χ1) is 6.74. The smallest absolute Gasteiger partial charge is 0.338 e. The molecule has 0 saturated carbocycles. The zero-order valence-electron chi connectivity index (χ0n) is 8.19. The number of carbonyl (C=O) groups excluding carboxylic acids is 1. The highest BCUT2D eigenvalue weighted by atomic mass is 16.5. The van der Waals surface area contributed by atoms with Gasteiger partial charge in [-0.05, 0) is 30.7 Å². The maximum atomic E-state index is 11.3. The molecule has 0 unspecified atom stereocenters. The fourth-order valence-electron chi connectivity index (χ4n) is 0.990. The molecule has 3 nitrogen and oxygen atoms in total. The lowest BCUT2D eigenvalue weighted by atomic mass is 10.4. The van der Waals surface area contributed by atoms with Gasteiger partial charge in [0.05, 0.1) is 12.2 Å². The molecule has 1 N–H and O–H groups in total. The molecule has 0 bridgehead atoms. The zero-order valence-corrected chi connectivity index (χ0v) is 8.19. The highest BCUT2D eigenvalue weighted by Crippen LogP contribution is 2.10. The van der Waals surface area contributed by atoms with Crippen LogP contribution in [0.3, 0.4) is 0 Å². The molecular formula is C11H14O3. The van der Waals surface area contributed by atoms with Crippen molar-refractivity contribution in [2.45, 2.75) is 19.8 Å². The van der Waals surface area contributed by atoms with Crippen LogP contribution in [0.25, 0.3) is 0 Å². The Balaban J connectivity index is 2.48. The zero-order chi connectivity index (χ0) is 10.4. The first-order valence-electron chi connectivity index (χ1n) is 4.70. The predicted octanol–water partition coefficient (Wildman–Crippen LogP) is 2.35. The van der Waals surface area contributed by atoms with Crippen LogP contribution in [0.2, 0.25) is 0 Å². The summed E-state index contributed by atoms with van der Waals surface area (Å²) in [7, 11) is 0. The van der Waals surface area contributed by atoms with Crippen molar-refractivity contribution in [1.29, 1.82) is 0 Å². The Morgan fingerprint density at radius 2 is 2.00 bits per heavy atom. The normalized spacial score (nSPS) is 9.79. The van der Waals surface area contributed by atoms with E-state index in [4.69, 9.17) is 9.84 Å². The molecule has 1 rings (SSSR count). The molecule has 0 saturated heterocycles. The van der Waals surface area contributed by atoms with Gasteiger partial charge < -0.3 is 9.84 Å². The summed E-state index contributed by atoms with van der Waals surface area (Å²) in [5, 5.41) is 9.00. The molecule has 0 heterocycles. The molecule has 0 aliphatic heterocycles. The maximum Gasteiger partial charge on any atom is 0.338 e. The van der Waals surface area contributed by atoms with Gasteiger partial charge in [0.15, 0.2) is 0 Å². The number of benzene rings is 1. The molecular weight excluding hydrogens is 186 g/mol. The van der Waals surface area contributed by atoms with Gasteiger partial charge in [0.1, 0.15) is 5.75 Å². The van der Waals surface area contributed by atoms with Crippen molar-refractivity contribution in [2.75, 3.05) is 6.61 Å². The summed E-state index contributed by atoms with van der Waals surface area (Å²) in [6.07, 6.45) is 1.88. The van der Waals surface area contributed by atoms with Crippen molar-refractivity contribution < 1.29 is 14.6 Å². The van der Waals surface area contributed by atoms with Crippen LogP contribution in [0.4, 0.5) is 0 Å². The first kappa shape index (κ1) is 10.6. The van der Waals surface area contributed by atoms with Crippen LogP contribution in [-0.4, -0.2) is 17.7 Å². The lowest BCUT2D eigenvalue weighted by molar-refractivity contribution is 0.0500. The number of carbonyl (C=O) groups is 1. The molecule has 0 fully saturated rings. The third-order valence-corrected chi connectivity index (χ3v) is 1.83. The minimum Gasteiger partial charge on any atom is -0.508 e. The van der Waals surface area contributed by atoms with Gasteiger partial charge in [-0.25, -0.2) is 4.79 Å². The van der Waals surface area contributed by atoms with Crippen LogP contribution in [-0.2, 0) is 4.74 Å². The van der Waals surface area contributed by atoms with E-state index < -0.39 is 0 Å². The van der Waals surface area contributed by atoms with Crippen molar-refractivity contribution in [1.82, 2.24) is 0 Å². The Labute approximate surface area is 83.3 Å². The summed E-state index contributed by atoms with van der Waals surface area (Å²) in [6, 6.07) is 6.03. The second-order valence-corrected chi connectivity index (χ2v) is 3.04. The summed E-state index contributed by atoms with van der Waals surface area (Å²) < 4.78 is 4.99. The van der Waals surface area contributed by atoms with E-state index >= 15 is 0 Å². The Kier molecular flexibility index (Phi) is 3.98. The van der Waals surface area contributed by atoms with Gasteiger partial charge in [0, 0.05) is 0 Å². The van der Waals surface area contributed by atoms with Crippen LogP contribution < -0.4 is 0 Å². The highest BCUT2D eigenvalue weighted by molar-refractivity contribution is 5.89. The SMILES string of the molecule is CCCCOC(=O)[13c]1[13cH][13cH][13c](O)[13cH][13cH]1. The Morgan fingerprint density at radius 1 is 1.36 bits per heavy atom. The fourth-order valence-corrected chi connectivity index (χ4v) is 0.990. The third kappa shape index (κ3) is 3.09. The molecule has 0 radical (unpaired) electrons. The van der Waals surface area contributed by atoms with Crippen LogP contribution in [0.15, 0.2) is 24.3 Å². The molecule has 3 heteroatoms. The van der Waals surface area contributed by atoms with Gasteiger partial charge in [-0.15, -0.1) is 0 Å². The van der Waals surface area contributed by atoms with E-state index in [-0.39, 0.29) is 11.7 Å². The molecule has 0 aliphatic carbocycles. The second kappa shape index (κ2) is 5.27. The van der Waals surface area contributed by atoms with E-state index in [0.29, 0.717) is 12.2 Å². The molecule has 0 aliphatic rings. The summed E-state index contributed by atoms with van der Waals surface area (Å²) in [5.41, 5.74) is 0.471. The van der Waals surface area contributed by atoms with Crippen LogP contribution in [0.1, 0.15) is 30.1 Å². The average Bonchev–Trinajstić information content (AvgIpc) is 2.19. The summed E-state index contributed by atoms with van der Waals surface area (Å²) in [4.78, 5) is 11.3. The topological polar surface area (TPSA) is 46.5 Å². The molecule has 0 spiro atoms.